The summed E-state index contributed by atoms with van der Waals surface area (Å²) in [6.45, 7) is 0. The molecule has 0 heterocycles. The van der Waals surface area contributed by atoms with E-state index in [1.54, 1.807) is 0 Å². The van der Waals surface area contributed by atoms with Crippen LogP contribution in [-0.2, 0) is 5.75 Å². The molecule has 19 heavy (non-hydrogen) atoms. The topological polar surface area (TPSA) is 23.8 Å². The molecule has 0 aliphatic rings. The van der Waals surface area contributed by atoms with Gasteiger partial charge in [0.15, 0.2) is 0 Å². The summed E-state index contributed by atoms with van der Waals surface area (Å²) in [4.78, 5) is 0.255. The summed E-state index contributed by atoms with van der Waals surface area (Å²) in [7, 11) is 0. The van der Waals surface area contributed by atoms with Gasteiger partial charge < -0.3 is 0 Å². The molecule has 1 nitrogen and oxygen atoms in total. The molecule has 0 atom stereocenters. The fourth-order valence-electron chi connectivity index (χ4n) is 1.48. The van der Waals surface area contributed by atoms with Crippen LogP contribution in [0.2, 0.25) is 0 Å². The normalized spacial score (nSPS) is 10.2. The zero-order valence-corrected chi connectivity index (χ0v) is 10.5. The summed E-state index contributed by atoms with van der Waals surface area (Å²) >= 11 is 1.07. The van der Waals surface area contributed by atoms with Gasteiger partial charge in [-0.3, -0.25) is 0 Å². The standard InChI is InChI=1S/C14H8F3NS/c15-11-3-4-14(13(17)6-11)19-8-10-2-1-9(7-18)5-12(10)16/h1-6H,8H2. The molecule has 0 fully saturated rings. The fraction of sp³-hybridized carbons (Fsp3) is 0.0714. The van der Waals surface area contributed by atoms with Crippen molar-refractivity contribution >= 4 is 11.8 Å². The second-order valence-electron chi connectivity index (χ2n) is 3.78. The van der Waals surface area contributed by atoms with Crippen molar-refractivity contribution in [3.63, 3.8) is 0 Å². The molecule has 0 radical (unpaired) electrons. The number of nitriles is 1. The zero-order chi connectivity index (χ0) is 13.8. The van der Waals surface area contributed by atoms with Gasteiger partial charge in [-0.25, -0.2) is 13.2 Å². The van der Waals surface area contributed by atoms with E-state index in [1.165, 1.54) is 18.2 Å². The van der Waals surface area contributed by atoms with Crippen LogP contribution in [0.1, 0.15) is 11.1 Å². The van der Waals surface area contributed by atoms with Crippen LogP contribution in [0.3, 0.4) is 0 Å². The number of nitrogens with zero attached hydrogens (tertiary/aromatic N) is 1. The van der Waals surface area contributed by atoms with Gasteiger partial charge in [0.25, 0.3) is 0 Å². The molecule has 0 saturated carbocycles. The Labute approximate surface area is 112 Å². The third-order valence-electron chi connectivity index (χ3n) is 2.46. The largest absolute Gasteiger partial charge is 0.207 e. The van der Waals surface area contributed by atoms with Crippen molar-refractivity contribution < 1.29 is 13.2 Å². The summed E-state index contributed by atoms with van der Waals surface area (Å²) in [5, 5.41) is 8.62. The van der Waals surface area contributed by atoms with Gasteiger partial charge >= 0.3 is 0 Å². The number of hydrogen-bond acceptors (Lipinski definition) is 2. The molecule has 2 aromatic carbocycles. The van der Waals surface area contributed by atoms with Crippen LogP contribution in [-0.4, -0.2) is 0 Å². The van der Waals surface area contributed by atoms with Crippen LogP contribution in [0.4, 0.5) is 13.2 Å². The van der Waals surface area contributed by atoms with Crippen molar-refractivity contribution in [3.8, 4) is 6.07 Å². The van der Waals surface area contributed by atoms with Crippen molar-refractivity contribution in [2.24, 2.45) is 0 Å². The Morgan fingerprint density at radius 2 is 1.79 bits per heavy atom. The lowest BCUT2D eigenvalue weighted by atomic mass is 10.1. The van der Waals surface area contributed by atoms with Gasteiger partial charge in [-0.15, -0.1) is 11.8 Å². The van der Waals surface area contributed by atoms with Crippen LogP contribution in [0.25, 0.3) is 0 Å². The maximum Gasteiger partial charge on any atom is 0.139 e. The second kappa shape index (κ2) is 5.81. The molecule has 96 valence electrons. The van der Waals surface area contributed by atoms with Gasteiger partial charge in [0, 0.05) is 16.7 Å². The number of benzene rings is 2. The van der Waals surface area contributed by atoms with E-state index in [9.17, 15) is 13.2 Å². The Morgan fingerprint density at radius 3 is 2.42 bits per heavy atom. The van der Waals surface area contributed by atoms with Gasteiger partial charge in [-0.2, -0.15) is 5.26 Å². The van der Waals surface area contributed by atoms with Crippen molar-refractivity contribution in [2.45, 2.75) is 10.6 Å². The molecule has 0 unspecified atom stereocenters. The van der Waals surface area contributed by atoms with Crippen molar-refractivity contribution in [1.82, 2.24) is 0 Å². The molecule has 0 bridgehead atoms. The molecule has 5 heteroatoms. The molecule has 0 aliphatic carbocycles. The Kier molecular flexibility index (Phi) is 4.13. The highest BCUT2D eigenvalue weighted by Gasteiger charge is 2.08. The third kappa shape index (κ3) is 3.30. The van der Waals surface area contributed by atoms with Gasteiger partial charge in [0.05, 0.1) is 11.6 Å². The van der Waals surface area contributed by atoms with E-state index in [1.807, 2.05) is 6.07 Å². The minimum absolute atomic E-state index is 0.208. The first-order valence-electron chi connectivity index (χ1n) is 5.36. The van der Waals surface area contributed by atoms with Crippen LogP contribution in [0.5, 0.6) is 0 Å². The van der Waals surface area contributed by atoms with Gasteiger partial charge in [0.1, 0.15) is 17.5 Å². The molecule has 0 saturated heterocycles. The van der Waals surface area contributed by atoms with E-state index in [0.29, 0.717) is 5.56 Å². The minimum atomic E-state index is -0.668. The maximum atomic E-state index is 13.6. The molecule has 0 aliphatic heterocycles. The average molecular weight is 279 g/mol. The first-order chi connectivity index (χ1) is 9.10. The highest BCUT2D eigenvalue weighted by molar-refractivity contribution is 7.98. The van der Waals surface area contributed by atoms with Crippen LogP contribution in [0.15, 0.2) is 41.3 Å². The molecule has 2 rings (SSSR count). The van der Waals surface area contributed by atoms with E-state index >= 15 is 0 Å². The molecular weight excluding hydrogens is 271 g/mol. The molecular formula is C14H8F3NS. The third-order valence-corrected chi connectivity index (χ3v) is 3.56. The summed E-state index contributed by atoms with van der Waals surface area (Å²) in [6.07, 6.45) is 0. The van der Waals surface area contributed by atoms with Crippen molar-refractivity contribution in [1.29, 1.82) is 5.26 Å². The van der Waals surface area contributed by atoms with E-state index in [2.05, 4.69) is 0 Å². The Bertz CT molecular complexity index is 650. The first kappa shape index (κ1) is 13.5. The fourth-order valence-corrected chi connectivity index (χ4v) is 2.39. The molecule has 0 N–H and O–H groups in total. The smallest absolute Gasteiger partial charge is 0.139 e. The monoisotopic (exact) mass is 279 g/mol. The highest BCUT2D eigenvalue weighted by Crippen LogP contribution is 2.27. The summed E-state index contributed by atoms with van der Waals surface area (Å²) in [6, 6.07) is 9.22. The van der Waals surface area contributed by atoms with Crippen LogP contribution >= 0.6 is 11.8 Å². The second-order valence-corrected chi connectivity index (χ2v) is 4.80. The Hall–Kier alpha value is -1.93. The highest BCUT2D eigenvalue weighted by atomic mass is 32.2. The summed E-state index contributed by atoms with van der Waals surface area (Å²) in [5.74, 6) is -1.61. The first-order valence-corrected chi connectivity index (χ1v) is 6.35. The Morgan fingerprint density at radius 1 is 1.00 bits per heavy atom. The minimum Gasteiger partial charge on any atom is -0.207 e. The van der Waals surface area contributed by atoms with Crippen molar-refractivity contribution in [2.75, 3.05) is 0 Å². The average Bonchev–Trinajstić information content (AvgIpc) is 2.39. The predicted octanol–water partition coefficient (Wildman–Crippen LogP) is 4.27. The molecule has 0 aromatic heterocycles. The number of halogens is 3. The quantitative estimate of drug-likeness (QED) is 0.783. The van der Waals surface area contributed by atoms with Crippen molar-refractivity contribution in [3.05, 3.63) is 65.0 Å². The van der Waals surface area contributed by atoms with E-state index in [0.717, 1.165) is 30.0 Å². The van der Waals surface area contributed by atoms with Gasteiger partial charge in [-0.05, 0) is 29.8 Å². The van der Waals surface area contributed by atoms with E-state index in [4.69, 9.17) is 5.26 Å². The number of thioether (sulfide) groups is 1. The lowest BCUT2D eigenvalue weighted by Gasteiger charge is -2.05. The Balaban J connectivity index is 2.13. The van der Waals surface area contributed by atoms with Gasteiger partial charge in [-0.1, -0.05) is 6.07 Å². The van der Waals surface area contributed by atoms with E-state index < -0.39 is 17.5 Å². The molecule has 2 aromatic rings. The zero-order valence-electron chi connectivity index (χ0n) is 9.66. The van der Waals surface area contributed by atoms with E-state index in [-0.39, 0.29) is 16.2 Å². The summed E-state index contributed by atoms with van der Waals surface area (Å²) in [5.41, 5.74) is 0.604. The van der Waals surface area contributed by atoms with Crippen LogP contribution < -0.4 is 0 Å². The van der Waals surface area contributed by atoms with Crippen LogP contribution in [0, 0.1) is 28.8 Å². The van der Waals surface area contributed by atoms with Gasteiger partial charge in [0.2, 0.25) is 0 Å². The lowest BCUT2D eigenvalue weighted by molar-refractivity contribution is 0.565. The number of hydrogen-bond donors (Lipinski definition) is 0. The summed E-state index contributed by atoms with van der Waals surface area (Å²) < 4.78 is 39.7. The number of rotatable bonds is 3. The SMILES string of the molecule is N#Cc1ccc(CSc2ccc(F)cc2F)c(F)c1. The molecule has 0 spiro atoms. The predicted molar refractivity (Wildman–Crippen MR) is 67.0 cm³/mol. The molecule has 0 amide bonds. The lowest BCUT2D eigenvalue weighted by Crippen LogP contribution is -1.90. The maximum absolute atomic E-state index is 13.6.